The maximum atomic E-state index is 12.5. The van der Waals surface area contributed by atoms with Crippen molar-refractivity contribution in [2.24, 2.45) is 5.92 Å². The van der Waals surface area contributed by atoms with E-state index >= 15 is 0 Å². The molecule has 1 aromatic rings. The predicted octanol–water partition coefficient (Wildman–Crippen LogP) is 2.13. The fourth-order valence-corrected chi connectivity index (χ4v) is 2.83. The topological polar surface area (TPSA) is 77.9 Å². The van der Waals surface area contributed by atoms with Crippen LogP contribution >= 0.6 is 0 Å². The van der Waals surface area contributed by atoms with E-state index in [1.54, 1.807) is 25.1 Å². The molecule has 0 aromatic heterocycles. The van der Waals surface area contributed by atoms with Crippen molar-refractivity contribution in [3.63, 3.8) is 0 Å². The maximum absolute atomic E-state index is 12.5. The first-order valence-electron chi connectivity index (χ1n) is 7.84. The van der Waals surface area contributed by atoms with Gasteiger partial charge in [0.25, 0.3) is 0 Å². The van der Waals surface area contributed by atoms with E-state index in [0.717, 1.165) is 11.1 Å². The highest BCUT2D eigenvalue weighted by Gasteiger charge is 2.29. The molecule has 0 fully saturated rings. The van der Waals surface area contributed by atoms with Crippen LogP contribution in [0.4, 0.5) is 0 Å². The quantitative estimate of drug-likeness (QED) is 0.897. The third-order valence-electron chi connectivity index (χ3n) is 4.23. The molecule has 1 aliphatic rings. The summed E-state index contributed by atoms with van der Waals surface area (Å²) >= 11 is 0. The molecule has 0 radical (unpaired) electrons. The van der Waals surface area contributed by atoms with Gasteiger partial charge in [-0.05, 0) is 17.2 Å². The van der Waals surface area contributed by atoms with E-state index in [1.165, 1.54) is 11.8 Å². The third kappa shape index (κ3) is 3.82. The number of hydrogen-bond acceptors (Lipinski definition) is 3. The zero-order valence-corrected chi connectivity index (χ0v) is 14.1. The van der Waals surface area contributed by atoms with Gasteiger partial charge in [-0.25, -0.2) is 0 Å². The first-order chi connectivity index (χ1) is 11.3. The van der Waals surface area contributed by atoms with Crippen molar-refractivity contribution < 1.29 is 19.5 Å². The summed E-state index contributed by atoms with van der Waals surface area (Å²) in [6.07, 6.45) is 3.67. The van der Waals surface area contributed by atoms with E-state index in [-0.39, 0.29) is 30.8 Å². The highest BCUT2D eigenvalue weighted by Crippen LogP contribution is 2.33. The van der Waals surface area contributed by atoms with Gasteiger partial charge in [0.05, 0.1) is 18.4 Å². The summed E-state index contributed by atoms with van der Waals surface area (Å²) in [5.74, 6) is -1.91. The van der Waals surface area contributed by atoms with Crippen LogP contribution in [0.5, 0.6) is 0 Å². The highest BCUT2D eigenvalue weighted by atomic mass is 16.4. The molecule has 6 heteroatoms. The Morgan fingerprint density at radius 3 is 2.58 bits per heavy atom. The summed E-state index contributed by atoms with van der Waals surface area (Å²) in [5, 5.41) is 8.98. The minimum absolute atomic E-state index is 0.115. The second kappa shape index (κ2) is 7.29. The molecule has 1 N–H and O–H groups in total. The lowest BCUT2D eigenvalue weighted by atomic mass is 9.93. The minimum Gasteiger partial charge on any atom is -0.481 e. The van der Waals surface area contributed by atoms with Crippen LogP contribution in [0.2, 0.25) is 0 Å². The molecule has 24 heavy (non-hydrogen) atoms. The van der Waals surface area contributed by atoms with Crippen LogP contribution in [0, 0.1) is 5.92 Å². The van der Waals surface area contributed by atoms with Gasteiger partial charge in [-0.1, -0.05) is 31.2 Å². The van der Waals surface area contributed by atoms with Gasteiger partial charge in [-0.2, -0.15) is 0 Å². The van der Waals surface area contributed by atoms with Gasteiger partial charge < -0.3 is 14.9 Å². The van der Waals surface area contributed by atoms with Gasteiger partial charge in [0.1, 0.15) is 0 Å². The number of benzene rings is 1. The minimum atomic E-state index is -0.939. The maximum Gasteiger partial charge on any atom is 0.308 e. The Morgan fingerprint density at radius 2 is 1.96 bits per heavy atom. The van der Waals surface area contributed by atoms with Gasteiger partial charge in [0.2, 0.25) is 11.8 Å². The predicted molar refractivity (Wildman–Crippen MR) is 89.8 cm³/mol. The molecule has 0 saturated heterocycles. The number of nitrogens with zero attached hydrogens (tertiary/aromatic N) is 2. The molecule has 0 bridgehead atoms. The molecule has 0 saturated carbocycles. The van der Waals surface area contributed by atoms with Crippen LogP contribution in [0.25, 0.3) is 6.08 Å². The van der Waals surface area contributed by atoms with Gasteiger partial charge in [-0.15, -0.1) is 0 Å². The second-order valence-corrected chi connectivity index (χ2v) is 6.10. The standard InChI is InChI=1S/C18H22N2O4/c1-12(18(23)24)11-19(3)17(22)10-16-15-7-5-4-6-14(15)8-9-20(16)13(2)21/h4-9,12,16H,10-11H2,1-3H3,(H,23,24). The zero-order valence-electron chi connectivity index (χ0n) is 14.1. The first kappa shape index (κ1) is 17.7. The smallest absolute Gasteiger partial charge is 0.308 e. The average molecular weight is 330 g/mol. The number of fused-ring (bicyclic) bond motifs is 1. The lowest BCUT2D eigenvalue weighted by molar-refractivity contribution is -0.142. The van der Waals surface area contributed by atoms with Gasteiger partial charge in [0, 0.05) is 26.7 Å². The number of carbonyl (C=O) groups excluding carboxylic acids is 2. The Hall–Kier alpha value is -2.63. The Bertz CT molecular complexity index is 683. The van der Waals surface area contributed by atoms with Crippen molar-refractivity contribution >= 4 is 23.9 Å². The first-order valence-corrected chi connectivity index (χ1v) is 7.84. The summed E-state index contributed by atoms with van der Waals surface area (Å²) < 4.78 is 0. The Kier molecular flexibility index (Phi) is 5.39. The molecular formula is C18H22N2O4. The Morgan fingerprint density at radius 1 is 1.29 bits per heavy atom. The van der Waals surface area contributed by atoms with E-state index in [0.29, 0.717) is 0 Å². The molecule has 2 unspecified atom stereocenters. The van der Waals surface area contributed by atoms with Crippen molar-refractivity contribution in [2.45, 2.75) is 26.3 Å². The van der Waals surface area contributed by atoms with Gasteiger partial charge >= 0.3 is 5.97 Å². The van der Waals surface area contributed by atoms with Crippen molar-refractivity contribution in [1.82, 2.24) is 9.80 Å². The number of aliphatic carboxylic acids is 1. The molecule has 1 aliphatic heterocycles. The molecule has 128 valence electrons. The highest BCUT2D eigenvalue weighted by molar-refractivity contribution is 5.82. The Balaban J connectivity index is 2.18. The largest absolute Gasteiger partial charge is 0.481 e. The van der Waals surface area contributed by atoms with Crippen LogP contribution in [-0.2, 0) is 14.4 Å². The van der Waals surface area contributed by atoms with Crippen molar-refractivity contribution in [2.75, 3.05) is 13.6 Å². The van der Waals surface area contributed by atoms with E-state index in [2.05, 4.69) is 0 Å². The number of carboxylic acid groups (broad SMARTS) is 1. The van der Waals surface area contributed by atoms with Crippen LogP contribution in [0.1, 0.15) is 37.4 Å². The Labute approximate surface area is 141 Å². The monoisotopic (exact) mass is 330 g/mol. The van der Waals surface area contributed by atoms with Crippen LogP contribution in [-0.4, -0.2) is 46.3 Å². The number of amides is 2. The van der Waals surface area contributed by atoms with Gasteiger partial charge in [0.15, 0.2) is 0 Å². The summed E-state index contributed by atoms with van der Waals surface area (Å²) in [6, 6.07) is 7.26. The number of hydrogen-bond donors (Lipinski definition) is 1. The molecule has 1 heterocycles. The van der Waals surface area contributed by atoms with Crippen molar-refractivity contribution in [3.05, 3.63) is 41.6 Å². The molecule has 0 spiro atoms. The number of rotatable bonds is 5. The zero-order chi connectivity index (χ0) is 17.9. The fraction of sp³-hybridized carbons (Fsp3) is 0.389. The molecule has 1 aromatic carbocycles. The van der Waals surface area contributed by atoms with E-state index in [4.69, 9.17) is 5.11 Å². The molecule has 0 aliphatic carbocycles. The molecule has 2 amide bonds. The SMILES string of the molecule is CC(=O)N1C=Cc2ccccc2C1CC(=O)N(C)CC(C)C(=O)O. The molecule has 2 rings (SSSR count). The lowest BCUT2D eigenvalue weighted by Crippen LogP contribution is -2.38. The van der Waals surface area contributed by atoms with Crippen molar-refractivity contribution in [3.8, 4) is 0 Å². The third-order valence-corrected chi connectivity index (χ3v) is 4.23. The van der Waals surface area contributed by atoms with E-state index in [9.17, 15) is 14.4 Å². The summed E-state index contributed by atoms with van der Waals surface area (Å²) in [6.45, 7) is 3.16. The normalized spacial score (nSPS) is 17.1. The van der Waals surface area contributed by atoms with Crippen LogP contribution in [0.15, 0.2) is 30.5 Å². The summed E-state index contributed by atoms with van der Waals surface area (Å²) in [4.78, 5) is 38.3. The van der Waals surface area contributed by atoms with Crippen LogP contribution < -0.4 is 0 Å². The van der Waals surface area contributed by atoms with Gasteiger partial charge in [-0.3, -0.25) is 14.4 Å². The number of carboxylic acids is 1. The lowest BCUT2D eigenvalue weighted by Gasteiger charge is -2.33. The summed E-state index contributed by atoms with van der Waals surface area (Å²) in [7, 11) is 1.59. The van der Waals surface area contributed by atoms with Crippen molar-refractivity contribution in [1.29, 1.82) is 0 Å². The fourth-order valence-electron chi connectivity index (χ4n) is 2.83. The van der Waals surface area contributed by atoms with E-state index < -0.39 is 11.9 Å². The van der Waals surface area contributed by atoms with E-state index in [1.807, 2.05) is 30.3 Å². The number of carbonyl (C=O) groups is 3. The molecular weight excluding hydrogens is 308 g/mol. The average Bonchev–Trinajstić information content (AvgIpc) is 2.54. The molecule has 2 atom stereocenters. The second-order valence-electron chi connectivity index (χ2n) is 6.10. The van der Waals surface area contributed by atoms with Crippen LogP contribution in [0.3, 0.4) is 0 Å². The summed E-state index contributed by atoms with van der Waals surface area (Å²) in [5.41, 5.74) is 1.90. The molecule has 6 nitrogen and oxygen atoms in total.